The van der Waals surface area contributed by atoms with Gasteiger partial charge < -0.3 is 31.5 Å². The van der Waals surface area contributed by atoms with E-state index >= 15 is 0 Å². The predicted molar refractivity (Wildman–Crippen MR) is 250 cm³/mol. The number of hydrogen-bond donors (Lipinski definition) is 4. The Kier molecular flexibility index (Phi) is 76.3. The average Bonchev–Trinajstić information content (AvgIpc) is 3.18. The number of esters is 1. The van der Waals surface area contributed by atoms with Gasteiger partial charge in [0.25, 0.3) is 0 Å². The van der Waals surface area contributed by atoms with E-state index in [1.165, 1.54) is 161 Å². The van der Waals surface area contributed by atoms with Gasteiger partial charge in [-0.05, 0) is 71.8 Å². The number of hydrogen-bond acceptors (Lipinski definition) is 6. The van der Waals surface area contributed by atoms with Crippen LogP contribution < -0.4 is 5.73 Å². The van der Waals surface area contributed by atoms with E-state index in [4.69, 9.17) is 15.9 Å². The molecule has 1 atom stereocenters. The van der Waals surface area contributed by atoms with Gasteiger partial charge in [-0.25, -0.2) is 4.79 Å². The molecule has 0 heterocycles. The molecule has 0 aromatic rings. The number of aliphatic hydroxyl groups excluding tert-OH is 3. The van der Waals surface area contributed by atoms with Crippen LogP contribution >= 0.6 is 0 Å². The van der Waals surface area contributed by atoms with Gasteiger partial charge in [0.1, 0.15) is 0 Å². The summed E-state index contributed by atoms with van der Waals surface area (Å²) in [5, 5.41) is 27.8. The fourth-order valence-electron chi connectivity index (χ4n) is 5.66. The third-order valence-electron chi connectivity index (χ3n) is 8.96. The molecule has 1 radical (unpaired) electrons. The Morgan fingerprint density at radius 2 is 0.982 bits per heavy atom. The van der Waals surface area contributed by atoms with E-state index in [9.17, 15) is 9.90 Å². The van der Waals surface area contributed by atoms with E-state index in [1.807, 2.05) is 0 Å². The fourth-order valence-corrected chi connectivity index (χ4v) is 5.66. The number of allylic oxidation sites excluding steroid dienone is 4. The Labute approximate surface area is 381 Å². The molecular weight excluding hydrogens is 785 g/mol. The van der Waals surface area contributed by atoms with Crippen molar-refractivity contribution in [1.82, 2.24) is 0 Å². The molecule has 0 saturated heterocycles. The molecule has 57 heavy (non-hydrogen) atoms. The summed E-state index contributed by atoms with van der Waals surface area (Å²) in [6.07, 6.45) is 40.9. The van der Waals surface area contributed by atoms with Gasteiger partial charge >= 0.3 is 5.97 Å². The van der Waals surface area contributed by atoms with Crippen molar-refractivity contribution >= 4 is 5.97 Å². The minimum Gasteiger partial charge on any atom is -0.677 e. The van der Waals surface area contributed by atoms with Gasteiger partial charge in [-0.1, -0.05) is 187 Å². The minimum absolute atomic E-state index is 0. The van der Waals surface area contributed by atoms with Crippen LogP contribution in [0.25, 0.3) is 5.73 Å². The number of unbranched alkanes of at least 4 members (excludes halogenated alkanes) is 20. The summed E-state index contributed by atoms with van der Waals surface area (Å²) < 4.78 is 4.55. The van der Waals surface area contributed by atoms with Crippen LogP contribution in [0.15, 0.2) is 49.0 Å². The SMILES string of the molecule is C=C(O)CCCCCCCCCCC(C)=CCCCCC.C=C(O)CCCCCCCCCCC(O)CCCCCC.C=CC(=O)OCCC[NH-].CCC.CN.[Y]. The fraction of sp³-hybridized carbons (Fsp3) is 0.816. The molecule has 0 fully saturated rings. The molecule has 0 aliphatic rings. The summed E-state index contributed by atoms with van der Waals surface area (Å²) >= 11 is 0. The zero-order valence-electron chi connectivity index (χ0n) is 39.0. The zero-order chi connectivity index (χ0) is 43.3. The van der Waals surface area contributed by atoms with Crippen LogP contribution in [0.5, 0.6) is 0 Å². The second kappa shape index (κ2) is 64.2. The number of rotatable bonds is 35. The van der Waals surface area contributed by atoms with Crippen molar-refractivity contribution in [3.05, 3.63) is 54.7 Å². The maximum absolute atomic E-state index is 10.3. The molecule has 7 nitrogen and oxygen atoms in total. The molecule has 0 rings (SSSR count). The van der Waals surface area contributed by atoms with Crippen molar-refractivity contribution in [3.8, 4) is 0 Å². The first-order valence-corrected chi connectivity index (χ1v) is 23.1. The first kappa shape index (κ1) is 67.8. The summed E-state index contributed by atoms with van der Waals surface area (Å²) in [5.74, 6) is 0.250. The van der Waals surface area contributed by atoms with Crippen LogP contribution in [0.3, 0.4) is 0 Å². The van der Waals surface area contributed by atoms with Crippen LogP contribution in [-0.4, -0.2) is 47.6 Å². The van der Waals surface area contributed by atoms with Crippen LogP contribution in [-0.2, 0) is 42.2 Å². The van der Waals surface area contributed by atoms with Crippen LogP contribution in [0.1, 0.15) is 234 Å². The first-order chi connectivity index (χ1) is 27.1. The molecule has 6 N–H and O–H groups in total. The van der Waals surface area contributed by atoms with Crippen molar-refractivity contribution in [1.29, 1.82) is 0 Å². The van der Waals surface area contributed by atoms with Gasteiger partial charge in [-0.2, -0.15) is 0 Å². The Bertz CT molecular complexity index is 822. The smallest absolute Gasteiger partial charge is 0.330 e. The molecule has 0 aromatic heterocycles. The molecule has 0 aliphatic carbocycles. The number of carbonyl (C=O) groups excluding carboxylic acids is 1. The third-order valence-corrected chi connectivity index (χ3v) is 8.96. The Balaban J connectivity index is -0.000000170. The van der Waals surface area contributed by atoms with E-state index < -0.39 is 5.97 Å². The average molecular weight is 885 g/mol. The molecule has 1 unspecified atom stereocenters. The van der Waals surface area contributed by atoms with E-state index in [0.717, 1.165) is 44.6 Å². The molecule has 0 amide bonds. The van der Waals surface area contributed by atoms with Crippen molar-refractivity contribution in [2.24, 2.45) is 5.73 Å². The maximum atomic E-state index is 10.3. The molecule has 0 saturated carbocycles. The number of aliphatic hydroxyl groups is 3. The van der Waals surface area contributed by atoms with E-state index in [0.29, 0.717) is 31.1 Å². The predicted octanol–water partition coefficient (Wildman–Crippen LogP) is 15.9. The molecule has 0 aromatic carbocycles. The number of carbonyl (C=O) groups is 1. The summed E-state index contributed by atoms with van der Waals surface area (Å²) in [6.45, 7) is 21.9. The Morgan fingerprint density at radius 1 is 0.632 bits per heavy atom. The van der Waals surface area contributed by atoms with Crippen molar-refractivity contribution in [2.45, 2.75) is 240 Å². The second-order valence-corrected chi connectivity index (χ2v) is 15.1. The summed E-state index contributed by atoms with van der Waals surface area (Å²) in [4.78, 5) is 10.3. The largest absolute Gasteiger partial charge is 0.677 e. The standard InChI is InChI=1S/C20H38O.C19H38O2.C6H10NO2.C3H8.CH5N.Y/c1-4-5-6-13-16-19(2)17-14-11-9-7-8-10-12-15-18-20(3)21;1-3-4-5-13-16-19(21)17-14-11-9-7-6-8-10-12-15-18(2)20;1-2-6(8)9-5-3-4-7;1-3-2;1-2;/h16,21H,3-15,17-18H2,1-2H3;19-21H,2-17H2,1H3;2,7H,1,3-5H2;3H2,1-2H3;2H2,1H3;/q;;-1;;;. The van der Waals surface area contributed by atoms with E-state index in [1.54, 1.807) is 5.57 Å². The van der Waals surface area contributed by atoms with Gasteiger partial charge in [-0.15, -0.1) is 6.54 Å². The van der Waals surface area contributed by atoms with Crippen molar-refractivity contribution in [3.63, 3.8) is 0 Å². The monoisotopic (exact) mass is 885 g/mol. The second-order valence-electron chi connectivity index (χ2n) is 15.1. The summed E-state index contributed by atoms with van der Waals surface area (Å²) in [7, 11) is 1.50. The molecule has 0 bridgehead atoms. The van der Waals surface area contributed by atoms with Gasteiger partial charge in [0, 0.05) is 51.6 Å². The van der Waals surface area contributed by atoms with Crippen LogP contribution in [0.4, 0.5) is 0 Å². The summed E-state index contributed by atoms with van der Waals surface area (Å²) in [5.41, 5.74) is 12.8. The van der Waals surface area contributed by atoms with Gasteiger partial charge in [-0.3, -0.25) is 0 Å². The number of ether oxygens (including phenoxy) is 1. The number of nitrogens with one attached hydrogen (secondary N) is 1. The molecule has 339 valence electrons. The minimum atomic E-state index is -0.413. The van der Waals surface area contributed by atoms with Crippen LogP contribution in [0.2, 0.25) is 0 Å². The molecule has 0 spiro atoms. The normalized spacial score (nSPS) is 10.7. The number of nitrogens with two attached hydrogens (primary N) is 1. The van der Waals surface area contributed by atoms with E-state index in [-0.39, 0.29) is 38.8 Å². The molecule has 0 aliphatic heterocycles. The molecule has 8 heteroatoms. The first-order valence-electron chi connectivity index (χ1n) is 23.1. The Morgan fingerprint density at radius 3 is 1.35 bits per heavy atom. The van der Waals surface area contributed by atoms with Crippen molar-refractivity contribution < 1.29 is 57.6 Å². The maximum Gasteiger partial charge on any atom is 0.330 e. The third kappa shape index (κ3) is 79.8. The van der Waals surface area contributed by atoms with Gasteiger partial charge in [0.2, 0.25) is 0 Å². The van der Waals surface area contributed by atoms with Gasteiger partial charge in [0.05, 0.1) is 24.2 Å². The Hall–Kier alpha value is -0.986. The summed E-state index contributed by atoms with van der Waals surface area (Å²) in [6, 6.07) is 0. The zero-order valence-corrected chi connectivity index (χ0v) is 41.8. The topological polar surface area (TPSA) is 137 Å². The van der Waals surface area contributed by atoms with E-state index in [2.05, 4.69) is 70.9 Å². The van der Waals surface area contributed by atoms with Gasteiger partial charge in [0.15, 0.2) is 0 Å². The molecular formula is C49H99N2O5Y-. The van der Waals surface area contributed by atoms with Crippen LogP contribution in [0, 0.1) is 0 Å². The quantitative estimate of drug-likeness (QED) is 0.0164. The van der Waals surface area contributed by atoms with Crippen molar-refractivity contribution in [2.75, 3.05) is 20.2 Å².